The van der Waals surface area contributed by atoms with E-state index in [0.717, 1.165) is 33.1 Å². The van der Waals surface area contributed by atoms with E-state index in [1.165, 1.54) is 22.1 Å². The van der Waals surface area contributed by atoms with Gasteiger partial charge in [-0.1, -0.05) is 62.4 Å². The summed E-state index contributed by atoms with van der Waals surface area (Å²) in [4.78, 5) is 8.27. The summed E-state index contributed by atoms with van der Waals surface area (Å²) in [6.07, 6.45) is 0. The van der Waals surface area contributed by atoms with E-state index in [-0.39, 0.29) is 0 Å². The fourth-order valence-corrected chi connectivity index (χ4v) is 4.46. The molecule has 0 fully saturated rings. The van der Waals surface area contributed by atoms with Crippen LogP contribution in [0.5, 0.6) is 0 Å². The van der Waals surface area contributed by atoms with Crippen LogP contribution in [0.1, 0.15) is 25.3 Å². The quantitative estimate of drug-likeness (QED) is 0.327. The van der Waals surface area contributed by atoms with Crippen molar-refractivity contribution in [2.45, 2.75) is 19.8 Å². The van der Waals surface area contributed by atoms with Gasteiger partial charge in [0.05, 0.1) is 0 Å². The normalized spacial score (nSPS) is 11.8. The molecule has 31 heavy (non-hydrogen) atoms. The van der Waals surface area contributed by atoms with Gasteiger partial charge in [0.15, 0.2) is 5.58 Å². The number of hydrogen-bond donors (Lipinski definition) is 1. The number of aromatic nitrogens is 2. The number of fused-ring (bicyclic) bond motifs is 4. The van der Waals surface area contributed by atoms with Gasteiger partial charge in [-0.25, -0.2) is 4.98 Å². The third-order valence-electron chi connectivity index (χ3n) is 6.02. The largest absolute Gasteiger partial charge is 0.436 e. The molecule has 0 atom stereocenters. The molecule has 6 aromatic rings. The first-order valence-electron chi connectivity index (χ1n) is 10.7. The number of H-pyrrole nitrogens is 1. The molecule has 0 radical (unpaired) electrons. The zero-order valence-corrected chi connectivity index (χ0v) is 17.5. The maximum atomic E-state index is 6.12. The Bertz CT molecular complexity index is 1550. The fourth-order valence-electron chi connectivity index (χ4n) is 4.46. The molecular formula is C28H22N2O. The van der Waals surface area contributed by atoms with Crippen LogP contribution in [0, 0.1) is 0 Å². The molecule has 150 valence electrons. The van der Waals surface area contributed by atoms with Crippen molar-refractivity contribution in [3.8, 4) is 22.6 Å². The van der Waals surface area contributed by atoms with Gasteiger partial charge in [0.1, 0.15) is 5.52 Å². The number of benzene rings is 4. The maximum Gasteiger partial charge on any atom is 0.227 e. The Kier molecular flexibility index (Phi) is 3.97. The molecule has 0 amide bonds. The van der Waals surface area contributed by atoms with E-state index in [4.69, 9.17) is 9.40 Å². The lowest BCUT2D eigenvalue weighted by molar-refractivity contribution is 0.620. The molecule has 0 spiro atoms. The molecule has 0 aliphatic heterocycles. The molecule has 6 rings (SSSR count). The second kappa shape index (κ2) is 6.85. The zero-order chi connectivity index (χ0) is 20.9. The fraction of sp³-hybridized carbons (Fsp3) is 0.107. The van der Waals surface area contributed by atoms with E-state index >= 15 is 0 Å². The van der Waals surface area contributed by atoms with E-state index < -0.39 is 0 Å². The molecule has 0 aliphatic rings. The van der Waals surface area contributed by atoms with E-state index in [2.05, 4.69) is 73.4 Å². The molecule has 0 unspecified atom stereocenters. The van der Waals surface area contributed by atoms with Crippen LogP contribution >= 0.6 is 0 Å². The zero-order valence-electron chi connectivity index (χ0n) is 17.5. The average molecular weight is 402 g/mol. The number of aromatic amines is 1. The van der Waals surface area contributed by atoms with E-state index in [0.29, 0.717) is 11.8 Å². The lowest BCUT2D eigenvalue weighted by Gasteiger charge is -2.13. The van der Waals surface area contributed by atoms with Gasteiger partial charge in [-0.3, -0.25) is 0 Å². The standard InChI is InChI=1S/C28H22N2O/c1-17(2)20-10-6-7-11-21(20)19-12-13-24-22(14-19)23-15-27-26(16-25(23)29-24)30-28(31-27)18-8-4-3-5-9-18/h3-17,29H,1-2H3. The molecule has 3 heteroatoms. The van der Waals surface area contributed by atoms with Crippen molar-refractivity contribution in [2.75, 3.05) is 0 Å². The Morgan fingerprint density at radius 3 is 2.35 bits per heavy atom. The number of oxazole rings is 1. The molecule has 4 aromatic carbocycles. The Hall–Kier alpha value is -3.85. The van der Waals surface area contributed by atoms with Crippen LogP contribution in [-0.4, -0.2) is 9.97 Å². The lowest BCUT2D eigenvalue weighted by atomic mass is 9.92. The van der Waals surface area contributed by atoms with Crippen LogP contribution in [-0.2, 0) is 0 Å². The van der Waals surface area contributed by atoms with Crippen LogP contribution in [0.3, 0.4) is 0 Å². The maximum absolute atomic E-state index is 6.12. The lowest BCUT2D eigenvalue weighted by Crippen LogP contribution is -1.91. The van der Waals surface area contributed by atoms with Gasteiger partial charge in [-0.05, 0) is 59.0 Å². The van der Waals surface area contributed by atoms with Gasteiger partial charge >= 0.3 is 0 Å². The predicted octanol–water partition coefficient (Wildman–Crippen LogP) is 7.92. The van der Waals surface area contributed by atoms with E-state index in [9.17, 15) is 0 Å². The molecule has 0 aliphatic carbocycles. The number of rotatable bonds is 3. The van der Waals surface area contributed by atoms with Crippen LogP contribution < -0.4 is 0 Å². The Balaban J connectivity index is 1.54. The van der Waals surface area contributed by atoms with Crippen molar-refractivity contribution in [1.29, 1.82) is 0 Å². The van der Waals surface area contributed by atoms with Crippen molar-refractivity contribution in [3.63, 3.8) is 0 Å². The minimum Gasteiger partial charge on any atom is -0.436 e. The summed E-state index contributed by atoms with van der Waals surface area (Å²) in [5.41, 5.74) is 8.75. The average Bonchev–Trinajstić information content (AvgIpc) is 3.38. The van der Waals surface area contributed by atoms with Gasteiger partial charge in [-0.2, -0.15) is 0 Å². The van der Waals surface area contributed by atoms with E-state index in [1.807, 2.05) is 30.3 Å². The highest BCUT2D eigenvalue weighted by Crippen LogP contribution is 2.36. The van der Waals surface area contributed by atoms with E-state index in [1.54, 1.807) is 0 Å². The second-order valence-electron chi connectivity index (χ2n) is 8.38. The number of nitrogens with zero attached hydrogens (tertiary/aromatic N) is 1. The summed E-state index contributed by atoms with van der Waals surface area (Å²) in [7, 11) is 0. The van der Waals surface area contributed by atoms with Crippen LogP contribution in [0.25, 0.3) is 55.5 Å². The monoisotopic (exact) mass is 402 g/mol. The van der Waals surface area contributed by atoms with Crippen molar-refractivity contribution < 1.29 is 4.42 Å². The smallest absolute Gasteiger partial charge is 0.227 e. The van der Waals surface area contributed by atoms with Crippen molar-refractivity contribution in [1.82, 2.24) is 9.97 Å². The molecule has 0 bridgehead atoms. The minimum absolute atomic E-state index is 0.472. The third-order valence-corrected chi connectivity index (χ3v) is 6.02. The first-order valence-corrected chi connectivity index (χ1v) is 10.7. The van der Waals surface area contributed by atoms with Crippen LogP contribution in [0.15, 0.2) is 89.3 Å². The Morgan fingerprint density at radius 2 is 1.52 bits per heavy atom. The first-order chi connectivity index (χ1) is 15.2. The van der Waals surface area contributed by atoms with Crippen molar-refractivity contribution >= 4 is 32.9 Å². The first kappa shape index (κ1) is 18.0. The summed E-state index contributed by atoms with van der Waals surface area (Å²) >= 11 is 0. The molecule has 3 nitrogen and oxygen atoms in total. The van der Waals surface area contributed by atoms with Crippen molar-refractivity contribution in [2.24, 2.45) is 0 Å². The van der Waals surface area contributed by atoms with Gasteiger partial charge in [0.2, 0.25) is 5.89 Å². The predicted molar refractivity (Wildman–Crippen MR) is 128 cm³/mol. The number of hydrogen-bond acceptors (Lipinski definition) is 2. The summed E-state index contributed by atoms with van der Waals surface area (Å²) in [5, 5.41) is 2.35. The highest BCUT2D eigenvalue weighted by molar-refractivity contribution is 6.11. The molecule has 0 saturated heterocycles. The summed E-state index contributed by atoms with van der Waals surface area (Å²) < 4.78 is 6.12. The van der Waals surface area contributed by atoms with Crippen molar-refractivity contribution in [3.05, 3.63) is 90.5 Å². The topological polar surface area (TPSA) is 41.8 Å². The van der Waals surface area contributed by atoms with Gasteiger partial charge in [-0.15, -0.1) is 0 Å². The number of nitrogens with one attached hydrogen (secondary N) is 1. The minimum atomic E-state index is 0.472. The summed E-state index contributed by atoms with van der Waals surface area (Å²) in [6, 6.07) is 29.6. The Morgan fingerprint density at radius 1 is 0.742 bits per heavy atom. The third kappa shape index (κ3) is 2.93. The molecule has 2 heterocycles. The summed E-state index contributed by atoms with van der Waals surface area (Å²) in [6.45, 7) is 4.49. The second-order valence-corrected chi connectivity index (χ2v) is 8.38. The van der Waals surface area contributed by atoms with Crippen LogP contribution in [0.4, 0.5) is 0 Å². The Labute approximate surface area is 180 Å². The van der Waals surface area contributed by atoms with Gasteiger partial charge in [0, 0.05) is 27.4 Å². The highest BCUT2D eigenvalue weighted by atomic mass is 16.3. The molecule has 2 aromatic heterocycles. The SMILES string of the molecule is CC(C)c1ccccc1-c1ccc2[nH]c3cc4nc(-c5ccccc5)oc4cc3c2c1. The van der Waals surface area contributed by atoms with Crippen LogP contribution in [0.2, 0.25) is 0 Å². The van der Waals surface area contributed by atoms with Gasteiger partial charge in [0.25, 0.3) is 0 Å². The summed E-state index contributed by atoms with van der Waals surface area (Å²) in [5.74, 6) is 1.12. The van der Waals surface area contributed by atoms with Gasteiger partial charge < -0.3 is 9.40 Å². The molecule has 0 saturated carbocycles. The molecular weight excluding hydrogens is 380 g/mol. The molecule has 1 N–H and O–H groups in total. The highest BCUT2D eigenvalue weighted by Gasteiger charge is 2.14.